The Morgan fingerprint density at radius 1 is 1.31 bits per heavy atom. The summed E-state index contributed by atoms with van der Waals surface area (Å²) in [6.45, 7) is 8.91. The summed E-state index contributed by atoms with van der Waals surface area (Å²) in [6.07, 6.45) is 2.13. The van der Waals surface area contributed by atoms with Gasteiger partial charge in [0.25, 0.3) is 0 Å². The third-order valence-electron chi connectivity index (χ3n) is 2.22. The van der Waals surface area contributed by atoms with Crippen molar-refractivity contribution in [3.8, 4) is 0 Å². The number of alkyl halides is 1. The summed E-state index contributed by atoms with van der Waals surface area (Å²) in [4.78, 5) is 0. The second-order valence-corrected chi connectivity index (χ2v) is 3.85. The number of hydrogen-bond acceptors (Lipinski definition) is 2. The Labute approximate surface area is 87.0 Å². The van der Waals surface area contributed by atoms with Crippen LogP contribution in [-0.2, 0) is 4.74 Å². The fraction of sp³-hybridized carbons (Fsp3) is 1.00. The molecule has 0 aromatic heterocycles. The van der Waals surface area contributed by atoms with Crippen molar-refractivity contribution in [2.24, 2.45) is 0 Å². The molecule has 1 atom stereocenters. The maximum Gasteiger partial charge on any atom is 0.0591 e. The van der Waals surface area contributed by atoms with Crippen LogP contribution in [0.2, 0.25) is 0 Å². The largest absolute Gasteiger partial charge is 0.380 e. The zero-order valence-electron chi connectivity index (χ0n) is 9.03. The third-order valence-corrected chi connectivity index (χ3v) is 2.81. The van der Waals surface area contributed by atoms with Gasteiger partial charge in [-0.25, -0.2) is 0 Å². The van der Waals surface area contributed by atoms with Crippen LogP contribution in [0.4, 0.5) is 0 Å². The molecule has 2 nitrogen and oxygen atoms in total. The number of halogens is 1. The second kappa shape index (κ2) is 7.60. The minimum absolute atomic E-state index is 0.0666. The lowest BCUT2D eigenvalue weighted by molar-refractivity contribution is 0.130. The van der Waals surface area contributed by atoms with Crippen molar-refractivity contribution in [2.75, 3.05) is 25.6 Å². The van der Waals surface area contributed by atoms with Gasteiger partial charge in [0, 0.05) is 24.6 Å². The van der Waals surface area contributed by atoms with E-state index in [0.29, 0.717) is 5.88 Å². The minimum atomic E-state index is 0.0666. The standard InChI is InChI=1S/C10H22ClNO/c1-4-7-13-8-6-12-10(3,5-2)9-11/h12H,4-9H2,1-3H3. The van der Waals surface area contributed by atoms with E-state index in [9.17, 15) is 0 Å². The average Bonchev–Trinajstić information content (AvgIpc) is 2.17. The summed E-state index contributed by atoms with van der Waals surface area (Å²) in [5.74, 6) is 0.650. The molecular weight excluding hydrogens is 186 g/mol. The highest BCUT2D eigenvalue weighted by atomic mass is 35.5. The van der Waals surface area contributed by atoms with Crippen molar-refractivity contribution >= 4 is 11.6 Å². The lowest BCUT2D eigenvalue weighted by Gasteiger charge is -2.27. The number of rotatable bonds is 8. The van der Waals surface area contributed by atoms with Gasteiger partial charge in [-0.1, -0.05) is 13.8 Å². The second-order valence-electron chi connectivity index (χ2n) is 3.59. The van der Waals surface area contributed by atoms with Gasteiger partial charge in [-0.3, -0.25) is 0 Å². The molecule has 1 N–H and O–H groups in total. The molecule has 0 aromatic carbocycles. The zero-order valence-corrected chi connectivity index (χ0v) is 9.78. The van der Waals surface area contributed by atoms with Gasteiger partial charge >= 0.3 is 0 Å². The van der Waals surface area contributed by atoms with Crippen molar-refractivity contribution in [3.05, 3.63) is 0 Å². The molecule has 0 fully saturated rings. The summed E-state index contributed by atoms with van der Waals surface area (Å²) in [7, 11) is 0. The van der Waals surface area contributed by atoms with Crippen LogP contribution < -0.4 is 5.32 Å². The third kappa shape index (κ3) is 6.30. The molecule has 0 aliphatic heterocycles. The van der Waals surface area contributed by atoms with Gasteiger partial charge in [0.1, 0.15) is 0 Å². The molecular formula is C10H22ClNO. The first kappa shape index (κ1) is 13.2. The molecule has 0 aliphatic rings. The summed E-state index contributed by atoms with van der Waals surface area (Å²) in [5.41, 5.74) is 0.0666. The highest BCUT2D eigenvalue weighted by molar-refractivity contribution is 6.18. The van der Waals surface area contributed by atoms with Crippen LogP contribution in [0.15, 0.2) is 0 Å². The molecule has 3 heteroatoms. The van der Waals surface area contributed by atoms with E-state index in [0.717, 1.165) is 32.6 Å². The van der Waals surface area contributed by atoms with E-state index in [1.807, 2.05) is 0 Å². The molecule has 0 aromatic rings. The van der Waals surface area contributed by atoms with Crippen molar-refractivity contribution < 1.29 is 4.74 Å². The van der Waals surface area contributed by atoms with Crippen molar-refractivity contribution in [2.45, 2.75) is 39.2 Å². The molecule has 0 aliphatic carbocycles. The Morgan fingerprint density at radius 3 is 2.46 bits per heavy atom. The smallest absolute Gasteiger partial charge is 0.0591 e. The number of ether oxygens (including phenoxy) is 1. The van der Waals surface area contributed by atoms with Crippen LogP contribution in [0.25, 0.3) is 0 Å². The molecule has 0 spiro atoms. The quantitative estimate of drug-likeness (QED) is 0.488. The Kier molecular flexibility index (Phi) is 7.72. The van der Waals surface area contributed by atoms with Crippen LogP contribution in [0.3, 0.4) is 0 Å². The molecule has 0 radical (unpaired) electrons. The zero-order chi connectivity index (χ0) is 10.2. The Balaban J connectivity index is 3.39. The van der Waals surface area contributed by atoms with E-state index in [4.69, 9.17) is 16.3 Å². The molecule has 0 saturated carbocycles. The van der Waals surface area contributed by atoms with Crippen molar-refractivity contribution in [3.63, 3.8) is 0 Å². The first-order valence-electron chi connectivity index (χ1n) is 5.07. The van der Waals surface area contributed by atoms with Crippen molar-refractivity contribution in [1.82, 2.24) is 5.32 Å². The first-order valence-corrected chi connectivity index (χ1v) is 5.60. The van der Waals surface area contributed by atoms with E-state index in [-0.39, 0.29) is 5.54 Å². The van der Waals surface area contributed by atoms with Gasteiger partial charge in [-0.2, -0.15) is 0 Å². The number of hydrogen-bond donors (Lipinski definition) is 1. The van der Waals surface area contributed by atoms with E-state index in [1.54, 1.807) is 0 Å². The normalized spacial score (nSPS) is 15.7. The Bertz CT molecular complexity index is 115. The summed E-state index contributed by atoms with van der Waals surface area (Å²) >= 11 is 5.85. The highest BCUT2D eigenvalue weighted by Gasteiger charge is 2.18. The lowest BCUT2D eigenvalue weighted by Crippen LogP contribution is -2.45. The van der Waals surface area contributed by atoms with E-state index < -0.39 is 0 Å². The Hall–Kier alpha value is 0.210. The van der Waals surface area contributed by atoms with Crippen LogP contribution in [0.5, 0.6) is 0 Å². The molecule has 0 rings (SSSR count). The lowest BCUT2D eigenvalue weighted by atomic mass is 10.0. The summed E-state index contributed by atoms with van der Waals surface area (Å²) in [6, 6.07) is 0. The topological polar surface area (TPSA) is 21.3 Å². The summed E-state index contributed by atoms with van der Waals surface area (Å²) < 4.78 is 5.36. The summed E-state index contributed by atoms with van der Waals surface area (Å²) in [5, 5.41) is 3.40. The minimum Gasteiger partial charge on any atom is -0.380 e. The molecule has 0 saturated heterocycles. The average molecular weight is 208 g/mol. The molecule has 0 bridgehead atoms. The van der Waals surface area contributed by atoms with Crippen LogP contribution in [0, 0.1) is 0 Å². The predicted molar refractivity (Wildman–Crippen MR) is 58.5 cm³/mol. The predicted octanol–water partition coefficient (Wildman–Crippen LogP) is 2.41. The highest BCUT2D eigenvalue weighted by Crippen LogP contribution is 2.10. The van der Waals surface area contributed by atoms with Crippen molar-refractivity contribution in [1.29, 1.82) is 0 Å². The maximum atomic E-state index is 5.85. The van der Waals surface area contributed by atoms with Gasteiger partial charge in [0.2, 0.25) is 0 Å². The fourth-order valence-electron chi connectivity index (χ4n) is 0.938. The molecule has 80 valence electrons. The molecule has 0 amide bonds. The van der Waals surface area contributed by atoms with Crippen LogP contribution >= 0.6 is 11.6 Å². The van der Waals surface area contributed by atoms with Gasteiger partial charge in [0.05, 0.1) is 6.61 Å². The van der Waals surface area contributed by atoms with Crippen LogP contribution in [-0.4, -0.2) is 31.2 Å². The van der Waals surface area contributed by atoms with Gasteiger partial charge in [-0.05, 0) is 19.8 Å². The fourth-order valence-corrected chi connectivity index (χ4v) is 1.22. The van der Waals surface area contributed by atoms with Gasteiger partial charge in [0.15, 0.2) is 0 Å². The Morgan fingerprint density at radius 2 is 2.00 bits per heavy atom. The first-order chi connectivity index (χ1) is 6.18. The van der Waals surface area contributed by atoms with Gasteiger partial charge < -0.3 is 10.1 Å². The molecule has 0 heterocycles. The monoisotopic (exact) mass is 207 g/mol. The molecule has 13 heavy (non-hydrogen) atoms. The maximum absolute atomic E-state index is 5.85. The van der Waals surface area contributed by atoms with E-state index in [2.05, 4.69) is 26.1 Å². The SMILES string of the molecule is CCCOCCNC(C)(CC)CCl. The van der Waals surface area contributed by atoms with Gasteiger partial charge in [-0.15, -0.1) is 11.6 Å². The van der Waals surface area contributed by atoms with Crippen LogP contribution in [0.1, 0.15) is 33.6 Å². The number of nitrogens with one attached hydrogen (secondary N) is 1. The molecule has 1 unspecified atom stereocenters. The van der Waals surface area contributed by atoms with E-state index >= 15 is 0 Å². The van der Waals surface area contributed by atoms with E-state index in [1.165, 1.54) is 0 Å².